The van der Waals surface area contributed by atoms with E-state index in [0.717, 1.165) is 17.9 Å². The molecule has 1 fully saturated rings. The molecule has 1 aromatic rings. The second-order valence-corrected chi connectivity index (χ2v) is 7.29. The molecule has 3 atom stereocenters. The zero-order chi connectivity index (χ0) is 13.3. The van der Waals surface area contributed by atoms with Gasteiger partial charge in [-0.25, -0.2) is 4.39 Å². The standard InChI is InChI=1S/C15H21BrFN/c1-10-4-5-11(13(16)8-10)15(2,3)12-6-7-18-9-14(12)17/h6-7,9-11,13H,4-5,8H2,1-3H3. The van der Waals surface area contributed by atoms with E-state index in [0.29, 0.717) is 10.7 Å². The van der Waals surface area contributed by atoms with Gasteiger partial charge >= 0.3 is 0 Å². The number of hydrogen-bond donors (Lipinski definition) is 0. The quantitative estimate of drug-likeness (QED) is 0.721. The summed E-state index contributed by atoms with van der Waals surface area (Å²) in [4.78, 5) is 4.32. The summed E-state index contributed by atoms with van der Waals surface area (Å²) in [6.07, 6.45) is 6.59. The van der Waals surface area contributed by atoms with Crippen LogP contribution in [0.2, 0.25) is 0 Å². The van der Waals surface area contributed by atoms with Crippen molar-refractivity contribution in [3.05, 3.63) is 29.8 Å². The fourth-order valence-electron chi connectivity index (χ4n) is 3.22. The van der Waals surface area contributed by atoms with Gasteiger partial charge in [0.2, 0.25) is 0 Å². The molecule has 0 radical (unpaired) electrons. The summed E-state index contributed by atoms with van der Waals surface area (Å²) in [5, 5.41) is 0. The van der Waals surface area contributed by atoms with E-state index in [1.54, 1.807) is 6.20 Å². The van der Waals surface area contributed by atoms with Crippen LogP contribution in [0, 0.1) is 17.7 Å². The minimum Gasteiger partial charge on any atom is -0.262 e. The van der Waals surface area contributed by atoms with Gasteiger partial charge in [0.1, 0.15) is 5.82 Å². The van der Waals surface area contributed by atoms with Crippen molar-refractivity contribution in [3.8, 4) is 0 Å². The molecule has 1 saturated carbocycles. The molecular formula is C15H21BrFN. The van der Waals surface area contributed by atoms with Gasteiger partial charge in [0.15, 0.2) is 0 Å². The molecule has 100 valence electrons. The Morgan fingerprint density at radius 3 is 2.72 bits per heavy atom. The Morgan fingerprint density at radius 2 is 2.11 bits per heavy atom. The van der Waals surface area contributed by atoms with E-state index in [9.17, 15) is 4.39 Å². The van der Waals surface area contributed by atoms with Crippen LogP contribution in [0.4, 0.5) is 4.39 Å². The Bertz CT molecular complexity index is 419. The number of nitrogens with zero attached hydrogens (tertiary/aromatic N) is 1. The highest BCUT2D eigenvalue weighted by atomic mass is 79.9. The van der Waals surface area contributed by atoms with E-state index < -0.39 is 0 Å². The maximum absolute atomic E-state index is 14.0. The van der Waals surface area contributed by atoms with Crippen LogP contribution in [-0.4, -0.2) is 9.81 Å². The van der Waals surface area contributed by atoms with Crippen molar-refractivity contribution in [2.45, 2.75) is 50.3 Å². The molecule has 1 nitrogen and oxygen atoms in total. The first-order valence-corrected chi connectivity index (χ1v) is 7.58. The number of rotatable bonds is 2. The molecule has 18 heavy (non-hydrogen) atoms. The number of aromatic nitrogens is 1. The summed E-state index contributed by atoms with van der Waals surface area (Å²) in [6, 6.07) is 1.83. The van der Waals surface area contributed by atoms with Crippen LogP contribution in [-0.2, 0) is 5.41 Å². The van der Waals surface area contributed by atoms with E-state index in [-0.39, 0.29) is 11.2 Å². The van der Waals surface area contributed by atoms with Gasteiger partial charge in [-0.2, -0.15) is 0 Å². The predicted octanol–water partition coefficient (Wildman–Crippen LogP) is 4.70. The van der Waals surface area contributed by atoms with Crippen molar-refractivity contribution in [1.82, 2.24) is 4.98 Å². The topological polar surface area (TPSA) is 12.9 Å². The summed E-state index contributed by atoms with van der Waals surface area (Å²) in [7, 11) is 0. The normalized spacial score (nSPS) is 29.3. The SMILES string of the molecule is CC1CCC(C(C)(C)c2ccncc2F)C(Br)C1. The summed E-state index contributed by atoms with van der Waals surface area (Å²) in [5.74, 6) is 1.06. The van der Waals surface area contributed by atoms with Gasteiger partial charge < -0.3 is 0 Å². The smallest absolute Gasteiger partial charge is 0.145 e. The van der Waals surface area contributed by atoms with Gasteiger partial charge in [0, 0.05) is 11.0 Å². The van der Waals surface area contributed by atoms with Crippen molar-refractivity contribution in [2.24, 2.45) is 11.8 Å². The summed E-state index contributed by atoms with van der Waals surface area (Å²) in [6.45, 7) is 6.60. The van der Waals surface area contributed by atoms with Crippen LogP contribution in [0.1, 0.15) is 45.6 Å². The zero-order valence-electron chi connectivity index (χ0n) is 11.3. The highest BCUT2D eigenvalue weighted by Gasteiger charge is 2.40. The third-order valence-corrected chi connectivity index (χ3v) is 5.44. The molecule has 0 spiro atoms. The Kier molecular flexibility index (Phi) is 4.10. The predicted molar refractivity (Wildman–Crippen MR) is 76.4 cm³/mol. The number of hydrogen-bond acceptors (Lipinski definition) is 1. The fraction of sp³-hybridized carbons (Fsp3) is 0.667. The number of pyridine rings is 1. The molecule has 1 aliphatic rings. The molecule has 3 unspecified atom stereocenters. The summed E-state index contributed by atoms with van der Waals surface area (Å²) < 4.78 is 14.0. The molecule has 1 aromatic heterocycles. The third kappa shape index (κ3) is 2.61. The average Bonchev–Trinajstić information content (AvgIpc) is 2.28. The van der Waals surface area contributed by atoms with Crippen molar-refractivity contribution in [1.29, 1.82) is 0 Å². The Hall–Kier alpha value is -0.440. The lowest BCUT2D eigenvalue weighted by molar-refractivity contribution is 0.210. The van der Waals surface area contributed by atoms with Gasteiger partial charge in [-0.05, 0) is 41.7 Å². The van der Waals surface area contributed by atoms with Crippen LogP contribution < -0.4 is 0 Å². The van der Waals surface area contributed by atoms with Crippen LogP contribution >= 0.6 is 15.9 Å². The molecule has 0 aromatic carbocycles. The average molecular weight is 314 g/mol. The number of alkyl halides is 1. The molecule has 0 amide bonds. The Balaban J connectivity index is 2.28. The zero-order valence-corrected chi connectivity index (χ0v) is 12.9. The van der Waals surface area contributed by atoms with E-state index in [4.69, 9.17) is 0 Å². The van der Waals surface area contributed by atoms with E-state index in [2.05, 4.69) is 41.7 Å². The second kappa shape index (κ2) is 5.28. The lowest BCUT2D eigenvalue weighted by Crippen LogP contribution is -2.39. The Labute approximate surface area is 117 Å². The third-order valence-electron chi connectivity index (χ3n) is 4.43. The van der Waals surface area contributed by atoms with Crippen molar-refractivity contribution in [3.63, 3.8) is 0 Å². The van der Waals surface area contributed by atoms with Crippen LogP contribution in [0.3, 0.4) is 0 Å². The maximum Gasteiger partial charge on any atom is 0.145 e. The van der Waals surface area contributed by atoms with Crippen molar-refractivity contribution < 1.29 is 4.39 Å². The minimum atomic E-state index is -0.180. The first-order chi connectivity index (χ1) is 8.43. The molecule has 1 aliphatic carbocycles. The molecule has 0 saturated heterocycles. The highest BCUT2D eigenvalue weighted by molar-refractivity contribution is 9.09. The van der Waals surface area contributed by atoms with E-state index in [1.165, 1.54) is 19.0 Å². The van der Waals surface area contributed by atoms with Crippen LogP contribution in [0.25, 0.3) is 0 Å². The first kappa shape index (κ1) is 14.0. The lowest BCUT2D eigenvalue weighted by atomic mass is 9.66. The van der Waals surface area contributed by atoms with E-state index >= 15 is 0 Å². The van der Waals surface area contributed by atoms with Crippen molar-refractivity contribution in [2.75, 3.05) is 0 Å². The molecule has 1 heterocycles. The Morgan fingerprint density at radius 1 is 1.39 bits per heavy atom. The summed E-state index contributed by atoms with van der Waals surface area (Å²) >= 11 is 3.81. The first-order valence-electron chi connectivity index (χ1n) is 6.67. The minimum absolute atomic E-state index is 0.151. The van der Waals surface area contributed by atoms with Gasteiger partial charge in [-0.15, -0.1) is 0 Å². The monoisotopic (exact) mass is 313 g/mol. The fourth-order valence-corrected chi connectivity index (χ4v) is 4.79. The largest absolute Gasteiger partial charge is 0.262 e. The maximum atomic E-state index is 14.0. The molecule has 0 aliphatic heterocycles. The lowest BCUT2D eigenvalue weighted by Gasteiger charge is -2.42. The molecular weight excluding hydrogens is 293 g/mol. The molecule has 2 rings (SSSR count). The van der Waals surface area contributed by atoms with E-state index in [1.807, 2.05) is 6.07 Å². The van der Waals surface area contributed by atoms with Gasteiger partial charge in [0.25, 0.3) is 0 Å². The molecule has 3 heteroatoms. The van der Waals surface area contributed by atoms with Gasteiger partial charge in [-0.1, -0.05) is 43.1 Å². The second-order valence-electron chi connectivity index (χ2n) is 6.12. The van der Waals surface area contributed by atoms with Gasteiger partial charge in [-0.3, -0.25) is 4.98 Å². The molecule has 0 bridgehead atoms. The summed E-state index contributed by atoms with van der Waals surface area (Å²) in [5.41, 5.74) is 0.642. The van der Waals surface area contributed by atoms with Crippen LogP contribution in [0.15, 0.2) is 18.5 Å². The number of halogens is 2. The molecule has 0 N–H and O–H groups in total. The highest BCUT2D eigenvalue weighted by Crippen LogP contribution is 2.45. The van der Waals surface area contributed by atoms with Crippen molar-refractivity contribution >= 4 is 15.9 Å². The van der Waals surface area contributed by atoms with Crippen LogP contribution in [0.5, 0.6) is 0 Å². The van der Waals surface area contributed by atoms with Gasteiger partial charge in [0.05, 0.1) is 6.20 Å².